The average molecular weight is 371 g/mol. The first kappa shape index (κ1) is 18.8. The minimum Gasteiger partial charge on any atom is -0.370 e. The first-order chi connectivity index (χ1) is 13.2. The van der Waals surface area contributed by atoms with E-state index in [1.807, 2.05) is 18.2 Å². The van der Waals surface area contributed by atoms with Crippen molar-refractivity contribution in [2.75, 3.05) is 26.7 Å². The molecule has 9 nitrogen and oxygen atoms in total. The van der Waals surface area contributed by atoms with Gasteiger partial charge in [-0.3, -0.25) is 14.8 Å². The highest BCUT2D eigenvalue weighted by molar-refractivity contribution is 5.80. The molecule has 1 aliphatic rings. The zero-order chi connectivity index (χ0) is 19.1. The normalized spacial score (nSPS) is 17.7. The number of nitrogens with zero attached hydrogens (tertiary/aromatic N) is 5. The molecule has 1 atom stereocenters. The van der Waals surface area contributed by atoms with Crippen molar-refractivity contribution in [1.82, 2.24) is 25.3 Å². The van der Waals surface area contributed by atoms with Crippen LogP contribution in [0.5, 0.6) is 0 Å². The summed E-state index contributed by atoms with van der Waals surface area (Å²) in [6.45, 7) is 2.33. The minimum atomic E-state index is -0.245. The van der Waals surface area contributed by atoms with Gasteiger partial charge in [-0.15, -0.1) is 0 Å². The van der Waals surface area contributed by atoms with Crippen LogP contribution >= 0.6 is 0 Å². The molecule has 1 amide bonds. The van der Waals surface area contributed by atoms with Crippen LogP contribution in [0.4, 0.5) is 0 Å². The predicted octanol–water partition coefficient (Wildman–Crippen LogP) is 0.837. The number of carbonyl (C=O) groups is 1. The summed E-state index contributed by atoms with van der Waals surface area (Å²) in [5.74, 6) is 1.89. The Hall–Kier alpha value is -2.97. The van der Waals surface area contributed by atoms with Gasteiger partial charge in [-0.05, 0) is 30.9 Å². The number of hydrogen-bond donors (Lipinski definition) is 2. The Morgan fingerprint density at radius 2 is 2.37 bits per heavy atom. The smallest absolute Gasteiger partial charge is 0.276 e. The number of aromatic nitrogens is 3. The van der Waals surface area contributed by atoms with Crippen molar-refractivity contribution in [1.29, 1.82) is 0 Å². The highest BCUT2D eigenvalue weighted by Crippen LogP contribution is 2.19. The lowest BCUT2D eigenvalue weighted by molar-refractivity contribution is -0.119. The molecule has 1 saturated heterocycles. The highest BCUT2D eigenvalue weighted by Gasteiger charge is 2.23. The number of nitrogens with one attached hydrogen (secondary N) is 1. The van der Waals surface area contributed by atoms with E-state index in [4.69, 9.17) is 10.3 Å². The molecule has 0 bridgehead atoms. The SMILES string of the molecule is CN=C(NCCc1noc(-c2ccccn2)n1)N1CCCC(CC(N)=O)C1. The molecule has 3 N–H and O–H groups in total. The van der Waals surface area contributed by atoms with Crippen molar-refractivity contribution in [3.63, 3.8) is 0 Å². The summed E-state index contributed by atoms with van der Waals surface area (Å²) < 4.78 is 5.27. The fraction of sp³-hybridized carbons (Fsp3) is 0.500. The lowest BCUT2D eigenvalue weighted by atomic mass is 9.95. The Morgan fingerprint density at radius 1 is 1.48 bits per heavy atom. The fourth-order valence-corrected chi connectivity index (χ4v) is 3.28. The molecule has 0 saturated carbocycles. The molecule has 2 aromatic heterocycles. The van der Waals surface area contributed by atoms with Crippen LogP contribution in [0.3, 0.4) is 0 Å². The monoisotopic (exact) mass is 371 g/mol. The standard InChI is InChI=1S/C18H25N7O2/c1-20-18(25-10-4-5-13(12-25)11-15(19)26)22-9-7-16-23-17(27-24-16)14-6-2-3-8-21-14/h2-3,6,8,13H,4-5,7,9-12H2,1H3,(H2,19,26)(H,20,22). The maximum absolute atomic E-state index is 11.2. The lowest BCUT2D eigenvalue weighted by Gasteiger charge is -2.34. The van der Waals surface area contributed by atoms with E-state index in [0.29, 0.717) is 36.8 Å². The van der Waals surface area contributed by atoms with Gasteiger partial charge in [0.15, 0.2) is 11.8 Å². The Labute approximate surface area is 158 Å². The predicted molar refractivity (Wildman–Crippen MR) is 101 cm³/mol. The molecule has 27 heavy (non-hydrogen) atoms. The summed E-state index contributed by atoms with van der Waals surface area (Å²) in [7, 11) is 1.76. The van der Waals surface area contributed by atoms with Gasteiger partial charge < -0.3 is 20.5 Å². The number of rotatable bonds is 6. The highest BCUT2D eigenvalue weighted by atomic mass is 16.5. The fourth-order valence-electron chi connectivity index (χ4n) is 3.28. The maximum atomic E-state index is 11.2. The van der Waals surface area contributed by atoms with Gasteiger partial charge in [-0.2, -0.15) is 4.98 Å². The molecular weight excluding hydrogens is 346 g/mol. The maximum Gasteiger partial charge on any atom is 0.276 e. The molecule has 3 rings (SSSR count). The second-order valence-corrected chi connectivity index (χ2v) is 6.58. The molecule has 2 aromatic rings. The molecule has 9 heteroatoms. The number of likely N-dealkylation sites (tertiary alicyclic amines) is 1. The first-order valence-electron chi connectivity index (χ1n) is 9.13. The van der Waals surface area contributed by atoms with Crippen LogP contribution in [0.25, 0.3) is 11.6 Å². The van der Waals surface area contributed by atoms with E-state index in [-0.39, 0.29) is 11.8 Å². The topological polar surface area (TPSA) is 123 Å². The van der Waals surface area contributed by atoms with Crippen molar-refractivity contribution in [2.24, 2.45) is 16.6 Å². The van der Waals surface area contributed by atoms with Crippen molar-refractivity contribution < 1.29 is 9.32 Å². The summed E-state index contributed by atoms with van der Waals surface area (Å²) in [5.41, 5.74) is 6.00. The van der Waals surface area contributed by atoms with E-state index in [1.54, 1.807) is 13.2 Å². The summed E-state index contributed by atoms with van der Waals surface area (Å²) in [4.78, 5) is 26.3. The Morgan fingerprint density at radius 3 is 3.11 bits per heavy atom. The van der Waals surface area contributed by atoms with E-state index >= 15 is 0 Å². The van der Waals surface area contributed by atoms with Gasteiger partial charge in [0, 0.05) is 45.7 Å². The van der Waals surface area contributed by atoms with Crippen molar-refractivity contribution in [3.05, 3.63) is 30.2 Å². The van der Waals surface area contributed by atoms with E-state index in [9.17, 15) is 4.79 Å². The Bertz CT molecular complexity index is 775. The second kappa shape index (κ2) is 9.11. The van der Waals surface area contributed by atoms with Gasteiger partial charge in [-0.25, -0.2) is 0 Å². The third-order valence-corrected chi connectivity index (χ3v) is 4.50. The van der Waals surface area contributed by atoms with Crippen LogP contribution in [-0.2, 0) is 11.2 Å². The molecule has 1 unspecified atom stereocenters. The number of guanidine groups is 1. The zero-order valence-corrected chi connectivity index (χ0v) is 15.5. The molecule has 1 aliphatic heterocycles. The third-order valence-electron chi connectivity index (χ3n) is 4.50. The number of amides is 1. The average Bonchev–Trinajstić information content (AvgIpc) is 3.15. The van der Waals surface area contributed by atoms with Crippen molar-refractivity contribution >= 4 is 11.9 Å². The van der Waals surface area contributed by atoms with E-state index in [1.165, 1.54) is 0 Å². The molecule has 1 fully saturated rings. The van der Waals surface area contributed by atoms with Crippen LogP contribution in [0.2, 0.25) is 0 Å². The van der Waals surface area contributed by atoms with Crippen LogP contribution in [-0.4, -0.2) is 58.6 Å². The van der Waals surface area contributed by atoms with Gasteiger partial charge in [0.05, 0.1) is 0 Å². The summed E-state index contributed by atoms with van der Waals surface area (Å²) in [5, 5.41) is 7.33. The van der Waals surface area contributed by atoms with Crippen molar-refractivity contribution in [2.45, 2.75) is 25.7 Å². The molecule has 0 aromatic carbocycles. The van der Waals surface area contributed by atoms with Gasteiger partial charge in [0.1, 0.15) is 5.69 Å². The summed E-state index contributed by atoms with van der Waals surface area (Å²) >= 11 is 0. The molecular formula is C18H25N7O2. The number of carbonyl (C=O) groups excluding carboxylic acids is 1. The minimum absolute atomic E-state index is 0.245. The van der Waals surface area contributed by atoms with Gasteiger partial charge in [0.25, 0.3) is 5.89 Å². The van der Waals surface area contributed by atoms with Crippen LogP contribution < -0.4 is 11.1 Å². The van der Waals surface area contributed by atoms with Gasteiger partial charge in [-0.1, -0.05) is 11.2 Å². The number of nitrogens with two attached hydrogens (primary N) is 1. The molecule has 144 valence electrons. The molecule has 0 aliphatic carbocycles. The molecule has 3 heterocycles. The number of pyridine rings is 1. The van der Waals surface area contributed by atoms with Gasteiger partial charge >= 0.3 is 0 Å². The number of aliphatic imine (C=N–C) groups is 1. The van der Waals surface area contributed by atoms with Crippen LogP contribution in [0.1, 0.15) is 25.1 Å². The van der Waals surface area contributed by atoms with Crippen LogP contribution in [0, 0.1) is 5.92 Å². The van der Waals surface area contributed by atoms with Gasteiger partial charge in [0.2, 0.25) is 5.91 Å². The lowest BCUT2D eigenvalue weighted by Crippen LogP contribution is -2.47. The first-order valence-corrected chi connectivity index (χ1v) is 9.13. The largest absolute Gasteiger partial charge is 0.370 e. The second-order valence-electron chi connectivity index (χ2n) is 6.58. The number of hydrogen-bond acceptors (Lipinski definition) is 6. The summed E-state index contributed by atoms with van der Waals surface area (Å²) in [6.07, 6.45) is 4.77. The van der Waals surface area contributed by atoms with E-state index in [0.717, 1.165) is 31.9 Å². The Balaban J connectivity index is 1.50. The number of primary amides is 1. The van der Waals surface area contributed by atoms with E-state index < -0.39 is 0 Å². The molecule has 0 radical (unpaired) electrons. The zero-order valence-electron chi connectivity index (χ0n) is 15.5. The quantitative estimate of drug-likeness (QED) is 0.570. The van der Waals surface area contributed by atoms with Crippen molar-refractivity contribution in [3.8, 4) is 11.6 Å². The number of piperidine rings is 1. The summed E-state index contributed by atoms with van der Waals surface area (Å²) in [6, 6.07) is 5.54. The Kier molecular flexibility index (Phi) is 6.35. The third kappa shape index (κ3) is 5.25. The van der Waals surface area contributed by atoms with Crippen LogP contribution in [0.15, 0.2) is 33.9 Å². The molecule has 0 spiro atoms. The van der Waals surface area contributed by atoms with E-state index in [2.05, 4.69) is 30.3 Å².